The van der Waals surface area contributed by atoms with Crippen LogP contribution in [0.3, 0.4) is 0 Å². The van der Waals surface area contributed by atoms with Crippen LogP contribution in [-0.4, -0.2) is 11.0 Å². The number of hydrogen-bond acceptors (Lipinski definition) is 3. The minimum Gasteiger partial charge on any atom is -0.487 e. The van der Waals surface area contributed by atoms with Crippen molar-refractivity contribution in [2.45, 2.75) is 40.0 Å². The number of nitrogens with one attached hydrogen (secondary N) is 1. The molecule has 20 heavy (non-hydrogen) atoms. The van der Waals surface area contributed by atoms with Crippen molar-refractivity contribution in [3.05, 3.63) is 59.4 Å². The smallest absolute Gasteiger partial charge is 0.141 e. The summed E-state index contributed by atoms with van der Waals surface area (Å²) in [6.45, 7) is 7.70. The van der Waals surface area contributed by atoms with Gasteiger partial charge in [-0.3, -0.25) is 4.98 Å². The van der Waals surface area contributed by atoms with Crippen molar-refractivity contribution in [2.75, 3.05) is 0 Å². The first-order valence-electron chi connectivity index (χ1n) is 7.01. The highest BCUT2D eigenvalue weighted by atomic mass is 16.5. The summed E-state index contributed by atoms with van der Waals surface area (Å²) in [5.41, 5.74) is 3.41. The number of hydrogen-bond donors (Lipinski definition) is 1. The van der Waals surface area contributed by atoms with Gasteiger partial charge in [0.05, 0.1) is 5.69 Å². The average molecular weight is 270 g/mol. The van der Waals surface area contributed by atoms with Crippen LogP contribution in [0.2, 0.25) is 0 Å². The second-order valence-corrected chi connectivity index (χ2v) is 5.18. The van der Waals surface area contributed by atoms with E-state index in [9.17, 15) is 0 Å². The van der Waals surface area contributed by atoms with Crippen LogP contribution in [0.4, 0.5) is 0 Å². The Bertz CT molecular complexity index is 552. The van der Waals surface area contributed by atoms with Crippen molar-refractivity contribution >= 4 is 0 Å². The molecule has 2 aromatic rings. The van der Waals surface area contributed by atoms with Crippen LogP contribution in [0.1, 0.15) is 30.7 Å². The monoisotopic (exact) mass is 270 g/mol. The Morgan fingerprint density at radius 3 is 2.55 bits per heavy atom. The van der Waals surface area contributed by atoms with Crippen LogP contribution in [0, 0.1) is 6.92 Å². The number of rotatable bonds is 6. The van der Waals surface area contributed by atoms with Crippen LogP contribution < -0.4 is 10.1 Å². The molecule has 0 bridgehead atoms. The van der Waals surface area contributed by atoms with Crippen LogP contribution >= 0.6 is 0 Å². The highest BCUT2D eigenvalue weighted by molar-refractivity contribution is 5.29. The third kappa shape index (κ3) is 4.07. The molecule has 0 fully saturated rings. The summed E-state index contributed by atoms with van der Waals surface area (Å²) < 4.78 is 5.88. The first-order valence-corrected chi connectivity index (χ1v) is 7.01. The number of ether oxygens (including phenoxy) is 1. The Balaban J connectivity index is 2.04. The van der Waals surface area contributed by atoms with Gasteiger partial charge in [-0.2, -0.15) is 0 Å². The van der Waals surface area contributed by atoms with E-state index >= 15 is 0 Å². The molecule has 1 aromatic carbocycles. The van der Waals surface area contributed by atoms with Crippen LogP contribution in [0.5, 0.6) is 5.75 Å². The molecule has 0 radical (unpaired) electrons. The van der Waals surface area contributed by atoms with Gasteiger partial charge < -0.3 is 10.1 Å². The number of pyridine rings is 1. The molecule has 3 heteroatoms. The lowest BCUT2D eigenvalue weighted by Gasteiger charge is -2.14. The topological polar surface area (TPSA) is 34.1 Å². The maximum Gasteiger partial charge on any atom is 0.141 e. The fraction of sp³-hybridized carbons (Fsp3) is 0.353. The average Bonchev–Trinajstić information content (AvgIpc) is 2.45. The maximum atomic E-state index is 5.88. The van der Waals surface area contributed by atoms with Crippen molar-refractivity contribution < 1.29 is 4.74 Å². The van der Waals surface area contributed by atoms with Crippen molar-refractivity contribution in [1.29, 1.82) is 0 Å². The van der Waals surface area contributed by atoms with Gasteiger partial charge in [-0.1, -0.05) is 38.1 Å². The quantitative estimate of drug-likeness (QED) is 0.872. The molecule has 0 atom stereocenters. The number of nitrogens with zero attached hydrogens (tertiary/aromatic N) is 1. The van der Waals surface area contributed by atoms with Crippen LogP contribution in [-0.2, 0) is 13.2 Å². The zero-order valence-corrected chi connectivity index (χ0v) is 12.4. The lowest BCUT2D eigenvalue weighted by molar-refractivity contribution is 0.301. The largest absolute Gasteiger partial charge is 0.487 e. The molecule has 0 unspecified atom stereocenters. The highest BCUT2D eigenvalue weighted by Gasteiger charge is 2.05. The minimum atomic E-state index is 0.476. The Labute approximate surface area is 121 Å². The van der Waals surface area contributed by atoms with Gasteiger partial charge >= 0.3 is 0 Å². The maximum absolute atomic E-state index is 5.88. The Hall–Kier alpha value is -1.87. The summed E-state index contributed by atoms with van der Waals surface area (Å²) in [6.07, 6.45) is 1.78. The van der Waals surface area contributed by atoms with Crippen molar-refractivity contribution in [3.8, 4) is 5.75 Å². The van der Waals surface area contributed by atoms with Gasteiger partial charge in [0.1, 0.15) is 12.4 Å². The van der Waals surface area contributed by atoms with E-state index in [0.717, 1.165) is 18.0 Å². The molecule has 2 rings (SSSR count). The van der Waals surface area contributed by atoms with Gasteiger partial charge in [-0.05, 0) is 30.2 Å². The molecule has 0 saturated heterocycles. The van der Waals surface area contributed by atoms with Gasteiger partial charge in [0, 0.05) is 18.8 Å². The SMILES string of the molecule is Cc1ncccc1OCc1ccccc1CNC(C)C. The summed E-state index contributed by atoms with van der Waals surface area (Å²) in [5, 5.41) is 3.44. The third-order valence-corrected chi connectivity index (χ3v) is 3.16. The van der Waals surface area contributed by atoms with Crippen molar-refractivity contribution in [2.24, 2.45) is 0 Å². The van der Waals surface area contributed by atoms with Gasteiger partial charge in [-0.15, -0.1) is 0 Å². The number of benzene rings is 1. The summed E-state index contributed by atoms with van der Waals surface area (Å²) in [5.74, 6) is 0.846. The predicted molar refractivity (Wildman–Crippen MR) is 81.7 cm³/mol. The van der Waals surface area contributed by atoms with Crippen LogP contribution in [0.25, 0.3) is 0 Å². The fourth-order valence-electron chi connectivity index (χ4n) is 1.96. The Morgan fingerprint density at radius 1 is 1.10 bits per heavy atom. The van der Waals surface area contributed by atoms with E-state index in [0.29, 0.717) is 12.6 Å². The van der Waals surface area contributed by atoms with E-state index in [1.54, 1.807) is 6.20 Å². The molecule has 0 aliphatic rings. The summed E-state index contributed by atoms with van der Waals surface area (Å²) in [4.78, 5) is 4.24. The summed E-state index contributed by atoms with van der Waals surface area (Å²) >= 11 is 0. The van der Waals surface area contributed by atoms with E-state index in [-0.39, 0.29) is 0 Å². The molecule has 0 aliphatic heterocycles. The van der Waals surface area contributed by atoms with Gasteiger partial charge in [-0.25, -0.2) is 0 Å². The molecule has 106 valence electrons. The molecular formula is C17H22N2O. The Morgan fingerprint density at radius 2 is 1.85 bits per heavy atom. The van der Waals surface area contributed by atoms with E-state index < -0.39 is 0 Å². The second kappa shape index (κ2) is 7.06. The van der Waals surface area contributed by atoms with E-state index in [4.69, 9.17) is 4.74 Å². The van der Waals surface area contributed by atoms with Gasteiger partial charge in [0.2, 0.25) is 0 Å². The van der Waals surface area contributed by atoms with E-state index in [1.807, 2.05) is 25.1 Å². The van der Waals surface area contributed by atoms with Crippen molar-refractivity contribution in [1.82, 2.24) is 10.3 Å². The molecular weight excluding hydrogens is 248 g/mol. The molecule has 3 nitrogen and oxygen atoms in total. The Kier molecular flexibility index (Phi) is 5.13. The molecule has 1 N–H and O–H groups in total. The second-order valence-electron chi connectivity index (χ2n) is 5.18. The van der Waals surface area contributed by atoms with E-state index in [2.05, 4.69) is 42.3 Å². The summed E-state index contributed by atoms with van der Waals surface area (Å²) in [7, 11) is 0. The standard InChI is InChI=1S/C17H22N2O/c1-13(2)19-11-15-7-4-5-8-16(15)12-20-17-9-6-10-18-14(17)3/h4-10,13,19H,11-12H2,1-3H3. The first-order chi connectivity index (χ1) is 9.66. The predicted octanol–water partition coefficient (Wildman–Crippen LogP) is 3.47. The van der Waals surface area contributed by atoms with Crippen molar-refractivity contribution in [3.63, 3.8) is 0 Å². The zero-order valence-electron chi connectivity index (χ0n) is 12.4. The molecule has 0 spiro atoms. The third-order valence-electron chi connectivity index (χ3n) is 3.16. The lowest BCUT2D eigenvalue weighted by Crippen LogP contribution is -2.22. The molecule has 0 amide bonds. The van der Waals surface area contributed by atoms with Crippen LogP contribution in [0.15, 0.2) is 42.6 Å². The lowest BCUT2D eigenvalue weighted by atomic mass is 10.1. The molecule has 1 aromatic heterocycles. The van der Waals surface area contributed by atoms with E-state index in [1.165, 1.54) is 11.1 Å². The number of aryl methyl sites for hydroxylation is 1. The normalized spacial score (nSPS) is 10.8. The minimum absolute atomic E-state index is 0.476. The molecule has 0 saturated carbocycles. The van der Waals surface area contributed by atoms with Gasteiger partial charge in [0.25, 0.3) is 0 Å². The highest BCUT2D eigenvalue weighted by Crippen LogP contribution is 2.17. The fourth-order valence-corrected chi connectivity index (χ4v) is 1.96. The molecule has 1 heterocycles. The zero-order chi connectivity index (χ0) is 14.4. The summed E-state index contributed by atoms with van der Waals surface area (Å²) in [6, 6.07) is 12.7. The molecule has 0 aliphatic carbocycles. The number of aromatic nitrogens is 1. The van der Waals surface area contributed by atoms with Gasteiger partial charge in [0.15, 0.2) is 0 Å². The first kappa shape index (κ1) is 14.5.